The van der Waals surface area contributed by atoms with Gasteiger partial charge in [0.15, 0.2) is 0 Å². The Morgan fingerprint density at radius 3 is 2.77 bits per heavy atom. The van der Waals surface area contributed by atoms with Crippen molar-refractivity contribution in [2.75, 3.05) is 18.5 Å². The molecule has 0 radical (unpaired) electrons. The van der Waals surface area contributed by atoms with Crippen LogP contribution in [-0.2, 0) is 6.54 Å². The molecular formula is C21H26N2O3. The molecule has 1 saturated carbocycles. The van der Waals surface area contributed by atoms with E-state index >= 15 is 0 Å². The van der Waals surface area contributed by atoms with Gasteiger partial charge in [-0.15, -0.1) is 0 Å². The lowest BCUT2D eigenvalue weighted by Gasteiger charge is -2.13. The quantitative estimate of drug-likeness (QED) is 0.572. The highest BCUT2D eigenvalue weighted by Gasteiger charge is 2.23. The van der Waals surface area contributed by atoms with Gasteiger partial charge in [-0.3, -0.25) is 4.79 Å². The second-order valence-corrected chi connectivity index (χ2v) is 6.57. The zero-order valence-corrected chi connectivity index (χ0v) is 14.9. The molecule has 1 aliphatic rings. The van der Waals surface area contributed by atoms with Gasteiger partial charge in [0.05, 0.1) is 6.61 Å². The fraction of sp³-hybridized carbons (Fsp3) is 0.381. The lowest BCUT2D eigenvalue weighted by atomic mass is 10.1. The molecule has 0 atom stereocenters. The summed E-state index contributed by atoms with van der Waals surface area (Å²) in [5.41, 5.74) is 2.64. The average Bonchev–Trinajstić information content (AvgIpc) is 3.48. The van der Waals surface area contributed by atoms with E-state index in [0.717, 1.165) is 42.7 Å². The van der Waals surface area contributed by atoms with Gasteiger partial charge >= 0.3 is 0 Å². The number of amides is 1. The van der Waals surface area contributed by atoms with Crippen LogP contribution in [0.25, 0.3) is 0 Å². The fourth-order valence-corrected chi connectivity index (χ4v) is 2.65. The minimum atomic E-state index is -0.0104. The van der Waals surface area contributed by atoms with Crippen LogP contribution in [0.15, 0.2) is 48.5 Å². The first kappa shape index (κ1) is 18.3. The van der Waals surface area contributed by atoms with Crippen LogP contribution in [0, 0.1) is 0 Å². The van der Waals surface area contributed by atoms with Crippen LogP contribution in [0.4, 0.5) is 5.69 Å². The van der Waals surface area contributed by atoms with Gasteiger partial charge in [0.1, 0.15) is 5.75 Å². The first-order chi connectivity index (χ1) is 12.8. The number of anilines is 1. The predicted molar refractivity (Wildman–Crippen MR) is 103 cm³/mol. The molecule has 0 bridgehead atoms. The molecule has 0 aromatic heterocycles. The number of aliphatic hydroxyl groups is 1. The summed E-state index contributed by atoms with van der Waals surface area (Å²) in [5, 5.41) is 15.2. The predicted octanol–water partition coefficient (Wildman–Crippen LogP) is 3.34. The van der Waals surface area contributed by atoms with Gasteiger partial charge in [0.25, 0.3) is 5.91 Å². The highest BCUT2D eigenvalue weighted by atomic mass is 16.5. The summed E-state index contributed by atoms with van der Waals surface area (Å²) in [4.78, 5) is 12.2. The molecule has 2 aromatic carbocycles. The van der Waals surface area contributed by atoms with E-state index < -0.39 is 0 Å². The monoisotopic (exact) mass is 354 g/mol. The summed E-state index contributed by atoms with van der Waals surface area (Å²) in [6.07, 6.45) is 3.74. The molecule has 3 N–H and O–H groups in total. The molecule has 0 unspecified atom stereocenters. The van der Waals surface area contributed by atoms with Crippen molar-refractivity contribution in [1.82, 2.24) is 5.32 Å². The molecule has 0 saturated heterocycles. The number of ether oxygens (including phenoxy) is 1. The van der Waals surface area contributed by atoms with Crippen LogP contribution >= 0.6 is 0 Å². The SMILES string of the molecule is O=C(NC1CC1)c1cccc(NCc2ccccc2OCCCCO)c1. The summed E-state index contributed by atoms with van der Waals surface area (Å²) < 4.78 is 5.83. The van der Waals surface area contributed by atoms with Crippen molar-refractivity contribution in [3.05, 3.63) is 59.7 Å². The van der Waals surface area contributed by atoms with Gasteiger partial charge in [-0.2, -0.15) is 0 Å². The molecule has 1 amide bonds. The maximum Gasteiger partial charge on any atom is 0.251 e. The molecule has 5 nitrogen and oxygen atoms in total. The molecule has 1 aliphatic carbocycles. The maximum atomic E-state index is 12.2. The zero-order chi connectivity index (χ0) is 18.2. The average molecular weight is 354 g/mol. The van der Waals surface area contributed by atoms with Gasteiger partial charge in [-0.05, 0) is 49.9 Å². The molecule has 26 heavy (non-hydrogen) atoms. The first-order valence-corrected chi connectivity index (χ1v) is 9.22. The number of unbranched alkanes of at least 4 members (excludes halogenated alkanes) is 1. The number of benzene rings is 2. The van der Waals surface area contributed by atoms with Crippen LogP contribution in [0.1, 0.15) is 41.6 Å². The number of carbonyl (C=O) groups excluding carboxylic acids is 1. The fourth-order valence-electron chi connectivity index (χ4n) is 2.65. The van der Waals surface area contributed by atoms with Crippen molar-refractivity contribution in [2.45, 2.75) is 38.3 Å². The number of hydrogen-bond donors (Lipinski definition) is 3. The van der Waals surface area contributed by atoms with E-state index in [9.17, 15) is 4.79 Å². The van der Waals surface area contributed by atoms with Crippen LogP contribution in [0.3, 0.4) is 0 Å². The van der Waals surface area contributed by atoms with E-state index in [2.05, 4.69) is 10.6 Å². The van der Waals surface area contributed by atoms with Crippen LogP contribution < -0.4 is 15.4 Å². The third-order valence-electron chi connectivity index (χ3n) is 4.30. The van der Waals surface area contributed by atoms with Crippen LogP contribution in [0.5, 0.6) is 5.75 Å². The molecular weight excluding hydrogens is 328 g/mol. The number of carbonyl (C=O) groups is 1. The number of nitrogens with one attached hydrogen (secondary N) is 2. The van der Waals surface area contributed by atoms with Gasteiger partial charge < -0.3 is 20.5 Å². The Balaban J connectivity index is 1.57. The van der Waals surface area contributed by atoms with Crippen LogP contribution in [-0.4, -0.2) is 30.3 Å². The van der Waals surface area contributed by atoms with Crippen molar-refractivity contribution in [3.8, 4) is 5.75 Å². The molecule has 3 rings (SSSR count). The number of aliphatic hydroxyl groups excluding tert-OH is 1. The lowest BCUT2D eigenvalue weighted by Crippen LogP contribution is -2.25. The Bertz CT molecular complexity index is 729. The largest absolute Gasteiger partial charge is 0.493 e. The Morgan fingerprint density at radius 1 is 1.12 bits per heavy atom. The topological polar surface area (TPSA) is 70.6 Å². The van der Waals surface area contributed by atoms with Crippen molar-refractivity contribution in [3.63, 3.8) is 0 Å². The minimum Gasteiger partial charge on any atom is -0.493 e. The Kier molecular flexibility index (Phi) is 6.50. The summed E-state index contributed by atoms with van der Waals surface area (Å²) in [5.74, 6) is 0.837. The zero-order valence-electron chi connectivity index (χ0n) is 14.9. The molecule has 0 aliphatic heterocycles. The summed E-state index contributed by atoms with van der Waals surface area (Å²) in [7, 11) is 0. The molecule has 2 aromatic rings. The van der Waals surface area contributed by atoms with Gasteiger partial charge in [-0.1, -0.05) is 24.3 Å². The molecule has 1 fully saturated rings. The van der Waals surface area contributed by atoms with E-state index in [4.69, 9.17) is 9.84 Å². The standard InChI is InChI=1S/C21H26N2O3/c24-12-3-4-13-26-20-9-2-1-6-17(20)15-22-19-8-5-7-16(14-19)21(25)23-18-10-11-18/h1-2,5-9,14,18,22,24H,3-4,10-13,15H2,(H,23,25). The Hall–Kier alpha value is -2.53. The van der Waals surface area contributed by atoms with Crippen LogP contribution in [0.2, 0.25) is 0 Å². The van der Waals surface area contributed by atoms with E-state index in [-0.39, 0.29) is 12.5 Å². The number of para-hydroxylation sites is 1. The minimum absolute atomic E-state index is 0.0104. The second-order valence-electron chi connectivity index (χ2n) is 6.57. The van der Waals surface area contributed by atoms with Gasteiger partial charge in [-0.25, -0.2) is 0 Å². The third kappa shape index (κ3) is 5.49. The summed E-state index contributed by atoms with van der Waals surface area (Å²) >= 11 is 0. The Labute approximate surface area is 154 Å². The maximum absolute atomic E-state index is 12.2. The number of hydrogen-bond acceptors (Lipinski definition) is 4. The van der Waals surface area contributed by atoms with Crippen molar-refractivity contribution in [1.29, 1.82) is 0 Å². The third-order valence-corrected chi connectivity index (χ3v) is 4.30. The highest BCUT2D eigenvalue weighted by molar-refractivity contribution is 5.95. The normalized spacial score (nSPS) is 13.3. The summed E-state index contributed by atoms with van der Waals surface area (Å²) in [6.45, 7) is 1.40. The molecule has 5 heteroatoms. The van der Waals surface area contributed by atoms with Crippen molar-refractivity contribution >= 4 is 11.6 Å². The lowest BCUT2D eigenvalue weighted by molar-refractivity contribution is 0.0951. The van der Waals surface area contributed by atoms with E-state index in [1.807, 2.05) is 48.5 Å². The highest BCUT2D eigenvalue weighted by Crippen LogP contribution is 2.22. The van der Waals surface area contributed by atoms with E-state index in [0.29, 0.717) is 24.8 Å². The smallest absolute Gasteiger partial charge is 0.251 e. The molecule has 0 spiro atoms. The molecule has 0 heterocycles. The molecule has 138 valence electrons. The Morgan fingerprint density at radius 2 is 1.96 bits per heavy atom. The number of rotatable bonds is 10. The second kappa shape index (κ2) is 9.25. The van der Waals surface area contributed by atoms with E-state index in [1.165, 1.54) is 0 Å². The van der Waals surface area contributed by atoms with Crippen molar-refractivity contribution < 1.29 is 14.6 Å². The summed E-state index contributed by atoms with van der Waals surface area (Å²) in [6, 6.07) is 15.8. The van der Waals surface area contributed by atoms with E-state index in [1.54, 1.807) is 0 Å². The van der Waals surface area contributed by atoms with Crippen molar-refractivity contribution in [2.24, 2.45) is 0 Å². The van der Waals surface area contributed by atoms with Gasteiger partial charge in [0, 0.05) is 36.0 Å². The first-order valence-electron chi connectivity index (χ1n) is 9.22. The van der Waals surface area contributed by atoms with Gasteiger partial charge in [0.2, 0.25) is 0 Å².